The van der Waals surface area contributed by atoms with Gasteiger partial charge < -0.3 is 14.7 Å². The van der Waals surface area contributed by atoms with Crippen LogP contribution in [0, 0.1) is 41.3 Å². The SMILES string of the molecule is C#COc1cc(C(=O)O)ccc1N(Cc1cc(C2CC2)cc(C(C)(C)C)c1)C(=O)CN(Cc1ccccc1C#N)S(=O)(=O)c1c(F)c(F)c(C=C)c(F)c1Br. The van der Waals surface area contributed by atoms with Crippen LogP contribution in [0.15, 0.2) is 76.6 Å². The van der Waals surface area contributed by atoms with Gasteiger partial charge in [0.05, 0.1) is 40.4 Å². The summed E-state index contributed by atoms with van der Waals surface area (Å²) in [5.74, 6) is -7.36. The molecule has 14 heteroatoms. The van der Waals surface area contributed by atoms with Crippen molar-refractivity contribution in [3.05, 3.63) is 128 Å². The summed E-state index contributed by atoms with van der Waals surface area (Å²) in [6.45, 7) is 7.38. The highest BCUT2D eigenvalue weighted by Gasteiger charge is 2.38. The van der Waals surface area contributed by atoms with E-state index in [-0.39, 0.29) is 40.1 Å². The molecule has 4 aromatic carbocycles. The van der Waals surface area contributed by atoms with Gasteiger partial charge in [0.1, 0.15) is 16.8 Å². The van der Waals surface area contributed by atoms with E-state index in [4.69, 9.17) is 11.2 Å². The first kappa shape index (κ1) is 40.8. The van der Waals surface area contributed by atoms with Gasteiger partial charge in [-0.3, -0.25) is 4.79 Å². The second-order valence-corrected chi connectivity index (χ2v) is 16.6. The molecular weight excluding hydrogens is 799 g/mol. The Morgan fingerprint density at radius 1 is 1.05 bits per heavy atom. The van der Waals surface area contributed by atoms with Crippen molar-refractivity contribution < 1.29 is 41.0 Å². The van der Waals surface area contributed by atoms with Crippen LogP contribution in [0.4, 0.5) is 18.9 Å². The smallest absolute Gasteiger partial charge is 0.335 e. The number of hydrogen-bond donors (Lipinski definition) is 1. The number of carbonyl (C=O) groups excluding carboxylic acids is 1. The minimum absolute atomic E-state index is 0.0199. The maximum atomic E-state index is 15.7. The number of amides is 1. The van der Waals surface area contributed by atoms with E-state index in [0.29, 0.717) is 21.9 Å². The number of terminal acetylenes is 1. The van der Waals surface area contributed by atoms with Crippen LogP contribution in [0.25, 0.3) is 6.08 Å². The summed E-state index contributed by atoms with van der Waals surface area (Å²) in [5, 5.41) is 19.5. The Hall–Kier alpha value is -5.41. The van der Waals surface area contributed by atoms with Crippen molar-refractivity contribution in [2.45, 2.75) is 62.9 Å². The van der Waals surface area contributed by atoms with Crippen LogP contribution in [0.1, 0.15) is 83.3 Å². The third-order valence-electron chi connectivity index (χ3n) is 9.09. The average Bonchev–Trinajstić information content (AvgIpc) is 3.99. The molecule has 4 aromatic rings. The largest absolute Gasteiger partial charge is 0.478 e. The molecule has 1 aliphatic carbocycles. The summed E-state index contributed by atoms with van der Waals surface area (Å²) in [5.41, 5.74) is 1.28. The Kier molecular flexibility index (Phi) is 12.0. The Morgan fingerprint density at radius 3 is 2.35 bits per heavy atom. The fourth-order valence-electron chi connectivity index (χ4n) is 5.98. The molecule has 5 rings (SSSR count). The Morgan fingerprint density at radius 2 is 1.75 bits per heavy atom. The quantitative estimate of drug-likeness (QED) is 0.106. The molecular formula is C41H35BrF3N3O6S. The topological polar surface area (TPSA) is 128 Å². The van der Waals surface area contributed by atoms with Gasteiger partial charge in [-0.15, -0.1) is 0 Å². The monoisotopic (exact) mass is 833 g/mol. The molecule has 1 saturated carbocycles. The van der Waals surface area contributed by atoms with Gasteiger partial charge in [-0.1, -0.05) is 76.2 Å². The summed E-state index contributed by atoms with van der Waals surface area (Å²) >= 11 is 2.78. The maximum absolute atomic E-state index is 15.7. The van der Waals surface area contributed by atoms with Gasteiger partial charge in [-0.25, -0.2) is 26.4 Å². The second-order valence-electron chi connectivity index (χ2n) is 13.9. The van der Waals surface area contributed by atoms with Crippen LogP contribution in [0.5, 0.6) is 5.75 Å². The number of ether oxygens (including phenoxy) is 1. The van der Waals surface area contributed by atoms with E-state index in [1.165, 1.54) is 36.4 Å². The minimum Gasteiger partial charge on any atom is -0.478 e. The van der Waals surface area contributed by atoms with Crippen LogP contribution >= 0.6 is 15.9 Å². The first-order chi connectivity index (χ1) is 25.9. The van der Waals surface area contributed by atoms with Gasteiger partial charge in [-0.05, 0) is 86.6 Å². The number of hydrogen-bond acceptors (Lipinski definition) is 6. The van der Waals surface area contributed by atoms with Gasteiger partial charge >= 0.3 is 5.97 Å². The van der Waals surface area contributed by atoms with E-state index in [1.54, 1.807) is 0 Å². The summed E-state index contributed by atoms with van der Waals surface area (Å²) in [6.07, 6.45) is 10.1. The van der Waals surface area contributed by atoms with E-state index < -0.39 is 67.4 Å². The molecule has 1 aliphatic rings. The molecule has 284 valence electrons. The summed E-state index contributed by atoms with van der Waals surface area (Å²) in [4.78, 5) is 26.3. The molecule has 1 N–H and O–H groups in total. The molecule has 0 saturated heterocycles. The Bertz CT molecular complexity index is 2380. The van der Waals surface area contributed by atoms with Crippen LogP contribution in [-0.4, -0.2) is 36.3 Å². The van der Waals surface area contributed by atoms with E-state index in [1.807, 2.05) is 45.1 Å². The van der Waals surface area contributed by atoms with Crippen molar-refractivity contribution in [3.63, 3.8) is 0 Å². The van der Waals surface area contributed by atoms with Gasteiger partial charge in [0.15, 0.2) is 17.4 Å². The first-order valence-corrected chi connectivity index (χ1v) is 19.1. The van der Waals surface area contributed by atoms with Crippen LogP contribution in [0.3, 0.4) is 0 Å². The van der Waals surface area contributed by atoms with Crippen molar-refractivity contribution in [1.29, 1.82) is 5.26 Å². The maximum Gasteiger partial charge on any atom is 0.335 e. The molecule has 1 fully saturated rings. The third-order valence-corrected chi connectivity index (χ3v) is 11.9. The number of carboxylic acids is 1. The average molecular weight is 835 g/mol. The van der Waals surface area contributed by atoms with Gasteiger partial charge in [-0.2, -0.15) is 9.57 Å². The van der Waals surface area contributed by atoms with E-state index in [0.717, 1.165) is 34.9 Å². The third kappa shape index (κ3) is 8.62. The lowest BCUT2D eigenvalue weighted by Crippen LogP contribution is -2.43. The molecule has 1 amide bonds. The van der Waals surface area contributed by atoms with E-state index in [9.17, 15) is 28.4 Å². The predicted octanol–water partition coefficient (Wildman–Crippen LogP) is 8.65. The number of benzene rings is 4. The fourth-order valence-corrected chi connectivity index (χ4v) is 8.46. The highest BCUT2D eigenvalue weighted by molar-refractivity contribution is 9.10. The van der Waals surface area contributed by atoms with Crippen LogP contribution in [0.2, 0.25) is 0 Å². The molecule has 55 heavy (non-hydrogen) atoms. The van der Waals surface area contributed by atoms with E-state index in [2.05, 4.69) is 28.6 Å². The lowest BCUT2D eigenvalue weighted by atomic mass is 9.84. The highest BCUT2D eigenvalue weighted by atomic mass is 79.9. The molecule has 0 radical (unpaired) electrons. The molecule has 9 nitrogen and oxygen atoms in total. The molecule has 0 spiro atoms. The number of nitriles is 1. The molecule has 0 atom stereocenters. The molecule has 0 unspecified atom stereocenters. The Balaban J connectivity index is 1.71. The van der Waals surface area contributed by atoms with Crippen LogP contribution in [-0.2, 0) is 33.3 Å². The number of anilines is 1. The highest BCUT2D eigenvalue weighted by Crippen LogP contribution is 2.42. The number of aromatic carboxylic acids is 1. The number of carbonyl (C=O) groups is 2. The number of rotatable bonds is 13. The molecule has 0 bridgehead atoms. The van der Waals surface area contributed by atoms with Gasteiger partial charge in [0, 0.05) is 12.1 Å². The van der Waals surface area contributed by atoms with Gasteiger partial charge in [0.25, 0.3) is 0 Å². The first-order valence-electron chi connectivity index (χ1n) is 16.8. The molecule has 0 heterocycles. The minimum atomic E-state index is -5.31. The van der Waals surface area contributed by atoms with Crippen molar-refractivity contribution in [3.8, 4) is 24.3 Å². The number of halogens is 4. The number of sulfonamides is 1. The Labute approximate surface area is 325 Å². The summed E-state index contributed by atoms with van der Waals surface area (Å²) in [7, 11) is -5.31. The van der Waals surface area contributed by atoms with Crippen molar-refractivity contribution >= 4 is 49.6 Å². The van der Waals surface area contributed by atoms with Crippen molar-refractivity contribution in [1.82, 2.24) is 4.31 Å². The normalized spacial score (nSPS) is 12.8. The zero-order chi connectivity index (χ0) is 40.4. The predicted molar refractivity (Wildman–Crippen MR) is 204 cm³/mol. The molecule has 0 aromatic heterocycles. The van der Waals surface area contributed by atoms with Gasteiger partial charge in [0.2, 0.25) is 15.9 Å². The van der Waals surface area contributed by atoms with Crippen molar-refractivity contribution in [2.24, 2.45) is 0 Å². The molecule has 0 aliphatic heterocycles. The van der Waals surface area contributed by atoms with E-state index >= 15 is 13.2 Å². The fraction of sp³-hybridized carbons (Fsp3) is 0.244. The zero-order valence-electron chi connectivity index (χ0n) is 30.0. The lowest BCUT2D eigenvalue weighted by Gasteiger charge is -2.30. The van der Waals surface area contributed by atoms with Crippen LogP contribution < -0.4 is 9.64 Å². The lowest BCUT2D eigenvalue weighted by molar-refractivity contribution is -0.119. The van der Waals surface area contributed by atoms with Crippen molar-refractivity contribution in [2.75, 3.05) is 11.4 Å². The zero-order valence-corrected chi connectivity index (χ0v) is 32.4. The summed E-state index contributed by atoms with van der Waals surface area (Å²) in [6, 6.07) is 17.3. The summed E-state index contributed by atoms with van der Waals surface area (Å²) < 4.78 is 79.9. The number of carboxylic acid groups (broad SMARTS) is 1. The standard InChI is InChI=1S/C41H35BrF3N3O6S/c1-6-31-36(43)35(42)39(38(45)37(31)44)55(52,53)47(22-28-11-9-8-10-27(28)20-46)23-34(49)48(32-15-14-26(40(50)51)19-33(32)54-7-2)21-24-16-29(25-12-13-25)18-30(17-24)41(3,4)5/h2,6,8-11,14-19,25H,1,12-13,21-23H2,3-5H3,(H,50,51). The number of nitrogens with zero attached hydrogens (tertiary/aromatic N) is 3. The second kappa shape index (κ2) is 16.1.